The van der Waals surface area contributed by atoms with Crippen LogP contribution in [0.2, 0.25) is 5.02 Å². The Morgan fingerprint density at radius 2 is 1.90 bits per heavy atom. The number of fused-ring (bicyclic) bond motifs is 2. The smallest absolute Gasteiger partial charge is 0.265 e. The third-order valence-electron chi connectivity index (χ3n) is 4.88. The molecule has 0 saturated carbocycles. The molecule has 0 unspecified atom stereocenters. The summed E-state index contributed by atoms with van der Waals surface area (Å²) >= 11 is 6.04. The summed E-state index contributed by atoms with van der Waals surface area (Å²) in [5, 5.41) is 3.26. The van der Waals surface area contributed by atoms with Crippen LogP contribution in [-0.4, -0.2) is 29.9 Å². The molecule has 31 heavy (non-hydrogen) atoms. The van der Waals surface area contributed by atoms with Crippen molar-refractivity contribution in [3.8, 4) is 17.2 Å². The molecule has 5 rings (SSSR count). The van der Waals surface area contributed by atoms with Gasteiger partial charge in [0.15, 0.2) is 12.2 Å². The van der Waals surface area contributed by atoms with Crippen molar-refractivity contribution in [2.75, 3.05) is 23.4 Å². The lowest BCUT2D eigenvalue weighted by Crippen LogP contribution is -2.43. The van der Waals surface area contributed by atoms with Gasteiger partial charge in [0.05, 0.1) is 5.69 Å². The third kappa shape index (κ3) is 3.83. The number of benzene rings is 3. The topological polar surface area (TPSA) is 84.7 Å². The number of amides is 2. The molecule has 2 amide bonds. The Hall–Kier alpha value is -3.84. The Morgan fingerprint density at radius 1 is 1.10 bits per heavy atom. The molecule has 1 aliphatic heterocycles. The Bertz CT molecular complexity index is 1270. The molecular weight excluding hydrogens is 418 g/mol. The molecule has 2 heterocycles. The molecule has 0 saturated heterocycles. The molecule has 7 nitrogen and oxygen atoms in total. The molecule has 0 spiro atoms. The zero-order valence-corrected chi connectivity index (χ0v) is 16.9. The maximum absolute atomic E-state index is 12.6. The maximum atomic E-state index is 12.6. The van der Waals surface area contributed by atoms with Crippen molar-refractivity contribution in [2.45, 2.75) is 0 Å². The zero-order valence-electron chi connectivity index (χ0n) is 16.2. The van der Waals surface area contributed by atoms with Crippen LogP contribution in [-0.2, 0) is 9.59 Å². The van der Waals surface area contributed by atoms with Gasteiger partial charge in [-0.15, -0.1) is 0 Å². The molecule has 0 radical (unpaired) electrons. The minimum absolute atomic E-state index is 0.124. The van der Waals surface area contributed by atoms with Crippen molar-refractivity contribution in [1.29, 1.82) is 0 Å². The summed E-state index contributed by atoms with van der Waals surface area (Å²) in [5.74, 6) is 0.373. The fourth-order valence-electron chi connectivity index (χ4n) is 3.38. The number of rotatable bonds is 4. The summed E-state index contributed by atoms with van der Waals surface area (Å²) in [6.07, 6.45) is 0. The molecule has 1 N–H and O–H groups in total. The monoisotopic (exact) mass is 433 g/mol. The van der Waals surface area contributed by atoms with E-state index in [1.807, 2.05) is 36.4 Å². The molecule has 4 aromatic rings. The molecule has 0 fully saturated rings. The number of hydrogen-bond acceptors (Lipinski definition) is 5. The van der Waals surface area contributed by atoms with Crippen molar-refractivity contribution < 1.29 is 18.7 Å². The van der Waals surface area contributed by atoms with Gasteiger partial charge in [0, 0.05) is 16.3 Å². The van der Waals surface area contributed by atoms with Gasteiger partial charge in [-0.2, -0.15) is 0 Å². The summed E-state index contributed by atoms with van der Waals surface area (Å²) in [7, 11) is 0. The highest BCUT2D eigenvalue weighted by Crippen LogP contribution is 2.34. The second kappa shape index (κ2) is 7.77. The van der Waals surface area contributed by atoms with Gasteiger partial charge >= 0.3 is 0 Å². The van der Waals surface area contributed by atoms with E-state index in [1.165, 1.54) is 4.90 Å². The molecule has 1 aromatic heterocycles. The number of anilines is 2. The molecule has 154 valence electrons. The summed E-state index contributed by atoms with van der Waals surface area (Å²) in [5.41, 5.74) is 3.36. The van der Waals surface area contributed by atoms with Crippen LogP contribution in [0.4, 0.5) is 11.4 Å². The number of carbonyl (C=O) groups is 2. The molecule has 3 aromatic carbocycles. The number of carbonyl (C=O) groups excluding carboxylic acids is 2. The van der Waals surface area contributed by atoms with Crippen molar-refractivity contribution in [2.24, 2.45) is 0 Å². The third-order valence-corrected chi connectivity index (χ3v) is 5.11. The van der Waals surface area contributed by atoms with E-state index in [0.29, 0.717) is 33.6 Å². The quantitative estimate of drug-likeness (QED) is 0.511. The van der Waals surface area contributed by atoms with Gasteiger partial charge in [-0.3, -0.25) is 14.5 Å². The van der Waals surface area contributed by atoms with Gasteiger partial charge in [-0.25, -0.2) is 4.98 Å². The first kappa shape index (κ1) is 19.1. The second-order valence-corrected chi connectivity index (χ2v) is 7.43. The Morgan fingerprint density at radius 3 is 2.71 bits per heavy atom. The minimum atomic E-state index is -0.337. The zero-order chi connectivity index (χ0) is 21.4. The average Bonchev–Trinajstić information content (AvgIpc) is 3.21. The molecule has 8 heteroatoms. The number of aromatic nitrogens is 1. The lowest BCUT2D eigenvalue weighted by Gasteiger charge is -2.29. The average molecular weight is 434 g/mol. The number of hydrogen-bond donors (Lipinski definition) is 1. The number of halogens is 1. The van der Waals surface area contributed by atoms with Gasteiger partial charge in [0.2, 0.25) is 11.8 Å². The van der Waals surface area contributed by atoms with E-state index in [0.717, 1.165) is 11.1 Å². The van der Waals surface area contributed by atoms with Crippen LogP contribution in [0.3, 0.4) is 0 Å². The van der Waals surface area contributed by atoms with Gasteiger partial charge in [0.1, 0.15) is 17.8 Å². The highest BCUT2D eigenvalue weighted by Gasteiger charge is 2.27. The van der Waals surface area contributed by atoms with Crippen LogP contribution in [0.25, 0.3) is 22.6 Å². The summed E-state index contributed by atoms with van der Waals surface area (Å²) in [6.45, 7) is -0.274. The lowest BCUT2D eigenvalue weighted by molar-refractivity contribution is -0.123. The van der Waals surface area contributed by atoms with Crippen molar-refractivity contribution in [3.05, 3.63) is 71.8 Å². The standard InChI is InChI=1S/C23H16ClN3O4/c24-15-7-10-20-18(11-15)27(22(29)13-30-20)12-21(28)25-16-8-5-14(6-9-16)23-26-17-3-1-2-4-19(17)31-23/h1-11H,12-13H2,(H,25,28). The summed E-state index contributed by atoms with van der Waals surface area (Å²) in [6, 6.07) is 19.6. The largest absolute Gasteiger partial charge is 0.482 e. The van der Waals surface area contributed by atoms with E-state index in [-0.39, 0.29) is 25.0 Å². The van der Waals surface area contributed by atoms with Gasteiger partial charge in [-0.05, 0) is 54.6 Å². The number of nitrogens with one attached hydrogen (secondary N) is 1. The summed E-state index contributed by atoms with van der Waals surface area (Å²) in [4.78, 5) is 30.7. The Labute approximate surface area is 182 Å². The van der Waals surface area contributed by atoms with Crippen LogP contribution in [0.5, 0.6) is 5.75 Å². The Kier molecular flexibility index (Phi) is 4.80. The van der Waals surface area contributed by atoms with Crippen molar-refractivity contribution >= 4 is 45.9 Å². The first-order chi connectivity index (χ1) is 15.1. The SMILES string of the molecule is O=C(CN1C(=O)COc2ccc(Cl)cc21)Nc1ccc(-c2nc3ccccc3o2)cc1. The second-order valence-electron chi connectivity index (χ2n) is 6.99. The van der Waals surface area contributed by atoms with Crippen LogP contribution in [0.1, 0.15) is 0 Å². The number of nitrogens with zero attached hydrogens (tertiary/aromatic N) is 2. The normalized spacial score (nSPS) is 13.1. The molecular formula is C23H16ClN3O4. The van der Waals surface area contributed by atoms with E-state index in [2.05, 4.69) is 10.3 Å². The van der Waals surface area contributed by atoms with E-state index in [4.69, 9.17) is 20.8 Å². The van der Waals surface area contributed by atoms with E-state index >= 15 is 0 Å². The van der Waals surface area contributed by atoms with Crippen molar-refractivity contribution in [3.63, 3.8) is 0 Å². The van der Waals surface area contributed by atoms with E-state index < -0.39 is 0 Å². The molecule has 0 aliphatic carbocycles. The van der Waals surface area contributed by atoms with Crippen LogP contribution in [0.15, 0.2) is 71.1 Å². The van der Waals surface area contributed by atoms with Gasteiger partial charge in [0.25, 0.3) is 5.91 Å². The maximum Gasteiger partial charge on any atom is 0.265 e. The predicted molar refractivity (Wildman–Crippen MR) is 117 cm³/mol. The van der Waals surface area contributed by atoms with Crippen molar-refractivity contribution in [1.82, 2.24) is 4.98 Å². The van der Waals surface area contributed by atoms with Crippen LogP contribution in [0, 0.1) is 0 Å². The minimum Gasteiger partial charge on any atom is -0.482 e. The first-order valence-electron chi connectivity index (χ1n) is 9.55. The first-order valence-corrected chi connectivity index (χ1v) is 9.93. The number of ether oxygens (including phenoxy) is 1. The van der Waals surface area contributed by atoms with Gasteiger partial charge in [-0.1, -0.05) is 23.7 Å². The number of oxazole rings is 1. The van der Waals surface area contributed by atoms with Gasteiger partial charge < -0.3 is 14.5 Å². The molecule has 0 bridgehead atoms. The highest BCUT2D eigenvalue weighted by molar-refractivity contribution is 6.31. The number of para-hydroxylation sites is 2. The summed E-state index contributed by atoms with van der Waals surface area (Å²) < 4.78 is 11.2. The fourth-order valence-corrected chi connectivity index (χ4v) is 3.55. The fraction of sp³-hybridized carbons (Fsp3) is 0.0870. The van der Waals surface area contributed by atoms with Crippen LogP contribution < -0.4 is 15.0 Å². The van der Waals surface area contributed by atoms with Crippen LogP contribution >= 0.6 is 11.6 Å². The Balaban J connectivity index is 1.30. The predicted octanol–water partition coefficient (Wildman–Crippen LogP) is 4.51. The lowest BCUT2D eigenvalue weighted by atomic mass is 10.2. The highest BCUT2D eigenvalue weighted by atomic mass is 35.5. The molecule has 0 atom stereocenters. The molecule has 1 aliphatic rings. The van der Waals surface area contributed by atoms with E-state index in [9.17, 15) is 9.59 Å². The van der Waals surface area contributed by atoms with E-state index in [1.54, 1.807) is 30.3 Å².